The van der Waals surface area contributed by atoms with Crippen molar-refractivity contribution >= 4 is 0 Å². The lowest BCUT2D eigenvalue weighted by Crippen LogP contribution is -2.37. The van der Waals surface area contributed by atoms with Crippen molar-refractivity contribution in [1.82, 2.24) is 4.90 Å². The van der Waals surface area contributed by atoms with Gasteiger partial charge < -0.3 is 4.74 Å². The molecule has 2 heterocycles. The van der Waals surface area contributed by atoms with Gasteiger partial charge in [0.25, 0.3) is 0 Å². The zero-order valence-corrected chi connectivity index (χ0v) is 6.55. The number of fused-ring (bicyclic) bond motifs is 2. The molecule has 0 aromatic rings. The van der Waals surface area contributed by atoms with Gasteiger partial charge in [0.1, 0.15) is 0 Å². The molecule has 2 nitrogen and oxygen atoms in total. The standard InChI is InChI=1S/C8H15NO/c1-2-3-9-5-8-4-7(9)6-10-8/h7-8H,2-6H2,1H3/t7-,8-/m1/s1. The Morgan fingerprint density at radius 2 is 2.50 bits per heavy atom. The molecule has 0 aliphatic carbocycles. The van der Waals surface area contributed by atoms with Crippen LogP contribution < -0.4 is 0 Å². The Kier molecular flexibility index (Phi) is 1.66. The van der Waals surface area contributed by atoms with E-state index in [4.69, 9.17) is 4.74 Å². The van der Waals surface area contributed by atoms with E-state index in [1.165, 1.54) is 25.9 Å². The normalized spacial score (nSPS) is 39.3. The fourth-order valence-electron chi connectivity index (χ4n) is 2.04. The molecule has 0 saturated carbocycles. The van der Waals surface area contributed by atoms with E-state index in [-0.39, 0.29) is 0 Å². The summed E-state index contributed by atoms with van der Waals surface area (Å²) in [5, 5.41) is 0. The molecule has 2 bridgehead atoms. The van der Waals surface area contributed by atoms with Crippen molar-refractivity contribution in [3.63, 3.8) is 0 Å². The van der Waals surface area contributed by atoms with Crippen LogP contribution in [-0.4, -0.2) is 36.7 Å². The van der Waals surface area contributed by atoms with Crippen LogP contribution in [0.1, 0.15) is 19.8 Å². The molecular formula is C8H15NO. The molecule has 0 N–H and O–H groups in total. The molecule has 0 radical (unpaired) electrons. The molecule has 2 heteroatoms. The summed E-state index contributed by atoms with van der Waals surface area (Å²) in [6.45, 7) is 5.69. The molecular weight excluding hydrogens is 126 g/mol. The number of morpholine rings is 1. The Morgan fingerprint density at radius 1 is 1.60 bits per heavy atom. The van der Waals surface area contributed by atoms with Gasteiger partial charge in [-0.05, 0) is 19.4 Å². The van der Waals surface area contributed by atoms with Crippen LogP contribution in [0.2, 0.25) is 0 Å². The van der Waals surface area contributed by atoms with Gasteiger partial charge in [0.05, 0.1) is 12.7 Å². The largest absolute Gasteiger partial charge is 0.375 e. The van der Waals surface area contributed by atoms with E-state index in [1.54, 1.807) is 0 Å². The molecule has 2 saturated heterocycles. The first kappa shape index (κ1) is 6.62. The minimum absolute atomic E-state index is 0.580. The lowest BCUT2D eigenvalue weighted by Gasteiger charge is -2.25. The predicted molar refractivity (Wildman–Crippen MR) is 40.0 cm³/mol. The fourth-order valence-corrected chi connectivity index (χ4v) is 2.04. The van der Waals surface area contributed by atoms with E-state index >= 15 is 0 Å². The molecule has 0 aromatic heterocycles. The second-order valence-electron chi connectivity index (χ2n) is 3.34. The third-order valence-electron chi connectivity index (χ3n) is 2.52. The summed E-state index contributed by atoms with van der Waals surface area (Å²) in [5.74, 6) is 0. The first-order chi connectivity index (χ1) is 4.90. The average Bonchev–Trinajstić information content (AvgIpc) is 2.48. The molecule has 0 aromatic carbocycles. The third kappa shape index (κ3) is 0.956. The van der Waals surface area contributed by atoms with E-state index in [0.29, 0.717) is 6.10 Å². The highest BCUT2D eigenvalue weighted by molar-refractivity contribution is 4.90. The molecule has 10 heavy (non-hydrogen) atoms. The van der Waals surface area contributed by atoms with Crippen molar-refractivity contribution < 1.29 is 4.74 Å². The van der Waals surface area contributed by atoms with Crippen LogP contribution in [0, 0.1) is 0 Å². The van der Waals surface area contributed by atoms with Gasteiger partial charge >= 0.3 is 0 Å². The maximum atomic E-state index is 5.49. The van der Waals surface area contributed by atoms with E-state index in [0.717, 1.165) is 12.6 Å². The third-order valence-corrected chi connectivity index (χ3v) is 2.52. The van der Waals surface area contributed by atoms with Crippen LogP contribution in [0.5, 0.6) is 0 Å². The zero-order valence-electron chi connectivity index (χ0n) is 6.55. The van der Waals surface area contributed by atoms with Gasteiger partial charge in [-0.1, -0.05) is 6.92 Å². The highest BCUT2D eigenvalue weighted by Crippen LogP contribution is 2.27. The van der Waals surface area contributed by atoms with Crippen LogP contribution >= 0.6 is 0 Å². The molecule has 2 aliphatic rings. The Hall–Kier alpha value is -0.0800. The second-order valence-corrected chi connectivity index (χ2v) is 3.34. The van der Waals surface area contributed by atoms with Crippen LogP contribution in [0.4, 0.5) is 0 Å². The lowest BCUT2D eigenvalue weighted by molar-refractivity contribution is 0.0308. The van der Waals surface area contributed by atoms with Crippen molar-refractivity contribution in [3.8, 4) is 0 Å². The smallest absolute Gasteiger partial charge is 0.0718 e. The summed E-state index contributed by atoms with van der Waals surface area (Å²) >= 11 is 0. The summed E-state index contributed by atoms with van der Waals surface area (Å²) in [7, 11) is 0. The topological polar surface area (TPSA) is 12.5 Å². The monoisotopic (exact) mass is 141 g/mol. The Balaban J connectivity index is 1.90. The van der Waals surface area contributed by atoms with Crippen molar-refractivity contribution in [2.24, 2.45) is 0 Å². The van der Waals surface area contributed by atoms with Gasteiger partial charge in [-0.2, -0.15) is 0 Å². The molecule has 2 fully saturated rings. The van der Waals surface area contributed by atoms with E-state index in [9.17, 15) is 0 Å². The predicted octanol–water partition coefficient (Wildman–Crippen LogP) is 0.869. The van der Waals surface area contributed by atoms with Crippen LogP contribution in [0.3, 0.4) is 0 Å². The number of rotatable bonds is 2. The van der Waals surface area contributed by atoms with Crippen molar-refractivity contribution in [1.29, 1.82) is 0 Å². The average molecular weight is 141 g/mol. The zero-order chi connectivity index (χ0) is 6.97. The fraction of sp³-hybridized carbons (Fsp3) is 1.00. The van der Waals surface area contributed by atoms with Gasteiger partial charge in [0, 0.05) is 12.6 Å². The molecule has 58 valence electrons. The van der Waals surface area contributed by atoms with Crippen molar-refractivity contribution in [3.05, 3.63) is 0 Å². The minimum atomic E-state index is 0.580. The molecule has 0 spiro atoms. The van der Waals surface area contributed by atoms with Crippen LogP contribution in [0.25, 0.3) is 0 Å². The highest BCUT2D eigenvalue weighted by Gasteiger charge is 2.37. The number of nitrogens with zero attached hydrogens (tertiary/aromatic N) is 1. The highest BCUT2D eigenvalue weighted by atomic mass is 16.5. The van der Waals surface area contributed by atoms with Gasteiger partial charge in [0.2, 0.25) is 0 Å². The van der Waals surface area contributed by atoms with E-state index in [1.807, 2.05) is 0 Å². The maximum Gasteiger partial charge on any atom is 0.0718 e. The van der Waals surface area contributed by atoms with Gasteiger partial charge in [-0.15, -0.1) is 0 Å². The summed E-state index contributed by atoms with van der Waals surface area (Å²) in [4.78, 5) is 2.56. The SMILES string of the molecule is CCCN1C[C@H]2C[C@@H]1CO2. The van der Waals surface area contributed by atoms with E-state index in [2.05, 4.69) is 11.8 Å². The Bertz CT molecular complexity index is 126. The summed E-state index contributed by atoms with van der Waals surface area (Å²) < 4.78 is 5.49. The molecule has 0 amide bonds. The molecule has 2 rings (SSSR count). The van der Waals surface area contributed by atoms with Gasteiger partial charge in [0.15, 0.2) is 0 Å². The lowest BCUT2D eigenvalue weighted by atomic mass is 10.2. The van der Waals surface area contributed by atoms with Crippen LogP contribution in [-0.2, 0) is 4.74 Å². The number of likely N-dealkylation sites (tertiary alicyclic amines) is 1. The Labute approximate surface area is 62.2 Å². The summed E-state index contributed by atoms with van der Waals surface area (Å²) in [6, 6.07) is 0.768. The quantitative estimate of drug-likeness (QED) is 0.565. The number of ether oxygens (including phenoxy) is 1. The molecule has 2 atom stereocenters. The number of hydrogen-bond donors (Lipinski definition) is 0. The first-order valence-electron chi connectivity index (χ1n) is 4.26. The summed E-state index contributed by atoms with van der Waals surface area (Å²) in [5.41, 5.74) is 0. The first-order valence-corrected chi connectivity index (χ1v) is 4.26. The maximum absolute atomic E-state index is 5.49. The van der Waals surface area contributed by atoms with Crippen molar-refractivity contribution in [2.45, 2.75) is 31.9 Å². The second kappa shape index (κ2) is 2.51. The molecule has 2 aliphatic heterocycles. The molecule has 0 unspecified atom stereocenters. The van der Waals surface area contributed by atoms with Crippen LogP contribution in [0.15, 0.2) is 0 Å². The van der Waals surface area contributed by atoms with Gasteiger partial charge in [-0.25, -0.2) is 0 Å². The van der Waals surface area contributed by atoms with E-state index < -0.39 is 0 Å². The minimum Gasteiger partial charge on any atom is -0.375 e. The summed E-state index contributed by atoms with van der Waals surface area (Å²) in [6.07, 6.45) is 3.15. The van der Waals surface area contributed by atoms with Crippen molar-refractivity contribution in [2.75, 3.05) is 19.7 Å². The van der Waals surface area contributed by atoms with Gasteiger partial charge in [-0.3, -0.25) is 4.90 Å². The Morgan fingerprint density at radius 3 is 3.00 bits per heavy atom. The number of hydrogen-bond acceptors (Lipinski definition) is 2.